The van der Waals surface area contributed by atoms with Gasteiger partial charge >= 0.3 is 17.7 Å². The summed E-state index contributed by atoms with van der Waals surface area (Å²) in [4.78, 5) is 34.8. The van der Waals surface area contributed by atoms with E-state index in [0.717, 1.165) is 32.1 Å². The Hall–Kier alpha value is -1.70. The molecule has 8 heteroatoms. The lowest BCUT2D eigenvalue weighted by atomic mass is 10.0. The number of carbonyl (C=O) groups is 3. The number of unbranched alkanes of at least 4 members (excludes halogenated alkanes) is 5. The second-order valence-electron chi connectivity index (χ2n) is 5.38. The van der Waals surface area contributed by atoms with Crippen LogP contribution in [-0.2, 0) is 19.1 Å². The molecule has 1 rings (SSSR count). The molecule has 0 aromatic carbocycles. The van der Waals surface area contributed by atoms with E-state index >= 15 is 0 Å². The van der Waals surface area contributed by atoms with Crippen LogP contribution in [0.1, 0.15) is 52.4 Å². The summed E-state index contributed by atoms with van der Waals surface area (Å²) in [5.74, 6) is -2.74. The van der Waals surface area contributed by atoms with Crippen LogP contribution in [0.5, 0.6) is 0 Å². The van der Waals surface area contributed by atoms with Gasteiger partial charge in [-0.1, -0.05) is 39.0 Å². The molecule has 1 aliphatic heterocycles. The molecule has 0 spiro atoms. The highest BCUT2D eigenvalue weighted by atomic mass is 19.1. The SMILES string of the molecule is CCCCCCCCO[C@@H]1NC(=O)NC(=O)[C@@]1(F)C(=O)OCC. The molecule has 1 aliphatic rings. The molecule has 3 amide bonds. The summed E-state index contributed by atoms with van der Waals surface area (Å²) >= 11 is 0. The van der Waals surface area contributed by atoms with Crippen molar-refractivity contribution < 1.29 is 28.2 Å². The minimum Gasteiger partial charge on any atom is -0.463 e. The molecule has 132 valence electrons. The van der Waals surface area contributed by atoms with Crippen molar-refractivity contribution in [1.29, 1.82) is 0 Å². The number of alkyl halides is 1. The number of halogens is 1. The highest BCUT2D eigenvalue weighted by molar-refractivity contribution is 6.14. The normalized spacial score (nSPS) is 24.0. The van der Waals surface area contributed by atoms with Gasteiger partial charge in [-0.05, 0) is 13.3 Å². The fraction of sp³-hybridized carbons (Fsp3) is 0.800. The maximum absolute atomic E-state index is 14.8. The first kappa shape index (κ1) is 19.3. The number of esters is 1. The summed E-state index contributed by atoms with van der Waals surface area (Å²) in [6.45, 7) is 3.66. The standard InChI is InChI=1S/C15H25FN2O5/c1-3-5-6-7-8-9-10-23-12-15(16,13(20)22-4-2)11(19)17-14(21)18-12/h12H,3-10H2,1-2H3,(H2,17,18,19,21)/t12-,15-/m0/s1. The zero-order valence-electron chi connectivity index (χ0n) is 13.7. The van der Waals surface area contributed by atoms with Crippen molar-refractivity contribution in [3.8, 4) is 0 Å². The first-order valence-corrected chi connectivity index (χ1v) is 8.06. The van der Waals surface area contributed by atoms with Crippen LogP contribution in [0.3, 0.4) is 0 Å². The van der Waals surface area contributed by atoms with Gasteiger partial charge in [0, 0.05) is 6.61 Å². The summed E-state index contributed by atoms with van der Waals surface area (Å²) in [5.41, 5.74) is -3.08. The number of hydrogen-bond donors (Lipinski definition) is 2. The van der Waals surface area contributed by atoms with E-state index in [-0.39, 0.29) is 13.2 Å². The van der Waals surface area contributed by atoms with Crippen molar-refractivity contribution in [3.05, 3.63) is 0 Å². The lowest BCUT2D eigenvalue weighted by Crippen LogP contribution is -2.71. The number of ether oxygens (including phenoxy) is 2. The quantitative estimate of drug-likeness (QED) is 0.361. The number of carbonyl (C=O) groups excluding carboxylic acids is 3. The van der Waals surface area contributed by atoms with Gasteiger partial charge in [0.25, 0.3) is 5.91 Å². The minimum atomic E-state index is -3.08. The zero-order chi connectivity index (χ0) is 17.3. The lowest BCUT2D eigenvalue weighted by molar-refractivity contribution is -0.179. The summed E-state index contributed by atoms with van der Waals surface area (Å²) in [6, 6.07) is -0.902. The van der Waals surface area contributed by atoms with Gasteiger partial charge in [0.15, 0.2) is 6.23 Å². The van der Waals surface area contributed by atoms with Crippen molar-refractivity contribution in [2.45, 2.75) is 64.3 Å². The zero-order valence-corrected chi connectivity index (χ0v) is 13.7. The molecule has 2 atom stereocenters. The van der Waals surface area contributed by atoms with Crippen LogP contribution in [-0.4, -0.2) is 43.0 Å². The van der Waals surface area contributed by atoms with Crippen LogP contribution in [0.15, 0.2) is 0 Å². The Morgan fingerprint density at radius 2 is 1.83 bits per heavy atom. The van der Waals surface area contributed by atoms with Gasteiger partial charge in [-0.2, -0.15) is 0 Å². The van der Waals surface area contributed by atoms with Gasteiger partial charge in [0.1, 0.15) is 0 Å². The van der Waals surface area contributed by atoms with Crippen LogP contribution < -0.4 is 10.6 Å². The fourth-order valence-corrected chi connectivity index (χ4v) is 2.24. The number of rotatable bonds is 10. The molecule has 1 heterocycles. The average Bonchev–Trinajstić information content (AvgIpc) is 2.51. The third-order valence-electron chi connectivity index (χ3n) is 3.54. The maximum Gasteiger partial charge on any atom is 0.358 e. The molecule has 0 saturated carbocycles. The number of urea groups is 1. The highest BCUT2D eigenvalue weighted by Gasteiger charge is 2.59. The number of hydrogen-bond acceptors (Lipinski definition) is 5. The average molecular weight is 332 g/mol. The Morgan fingerprint density at radius 1 is 1.17 bits per heavy atom. The van der Waals surface area contributed by atoms with E-state index in [1.54, 1.807) is 5.32 Å². The molecule has 7 nitrogen and oxygen atoms in total. The molecular weight excluding hydrogens is 307 g/mol. The van der Waals surface area contributed by atoms with E-state index in [1.807, 2.05) is 0 Å². The second kappa shape index (κ2) is 9.44. The molecule has 0 unspecified atom stereocenters. The van der Waals surface area contributed by atoms with Gasteiger partial charge < -0.3 is 14.8 Å². The third-order valence-corrected chi connectivity index (χ3v) is 3.54. The molecule has 0 radical (unpaired) electrons. The van der Waals surface area contributed by atoms with Crippen molar-refractivity contribution in [3.63, 3.8) is 0 Å². The molecule has 23 heavy (non-hydrogen) atoms. The van der Waals surface area contributed by atoms with E-state index in [0.29, 0.717) is 6.42 Å². The van der Waals surface area contributed by atoms with Crippen LogP contribution in [0.25, 0.3) is 0 Å². The molecule has 1 fully saturated rings. The summed E-state index contributed by atoms with van der Waals surface area (Å²) in [5, 5.41) is 3.84. The summed E-state index contributed by atoms with van der Waals surface area (Å²) in [7, 11) is 0. The van der Waals surface area contributed by atoms with Gasteiger partial charge in [-0.15, -0.1) is 0 Å². The predicted molar refractivity (Wildman–Crippen MR) is 80.3 cm³/mol. The van der Waals surface area contributed by atoms with E-state index in [9.17, 15) is 18.8 Å². The molecule has 0 aliphatic carbocycles. The molecule has 0 aromatic rings. The smallest absolute Gasteiger partial charge is 0.358 e. The van der Waals surface area contributed by atoms with Crippen molar-refractivity contribution in [2.75, 3.05) is 13.2 Å². The van der Waals surface area contributed by atoms with Crippen LogP contribution in [0.2, 0.25) is 0 Å². The Bertz CT molecular complexity index is 432. The monoisotopic (exact) mass is 332 g/mol. The van der Waals surface area contributed by atoms with E-state index < -0.39 is 29.8 Å². The van der Waals surface area contributed by atoms with Gasteiger partial charge in [-0.3, -0.25) is 10.1 Å². The fourth-order valence-electron chi connectivity index (χ4n) is 2.24. The Balaban J connectivity index is 2.55. The third kappa shape index (κ3) is 5.16. The van der Waals surface area contributed by atoms with Crippen molar-refractivity contribution in [1.82, 2.24) is 10.6 Å². The summed E-state index contributed by atoms with van der Waals surface area (Å²) in [6.07, 6.45) is 4.32. The Morgan fingerprint density at radius 3 is 2.48 bits per heavy atom. The minimum absolute atomic E-state index is 0.0874. The van der Waals surface area contributed by atoms with Crippen LogP contribution >= 0.6 is 0 Å². The first-order valence-electron chi connectivity index (χ1n) is 8.06. The van der Waals surface area contributed by atoms with Gasteiger partial charge in [0.05, 0.1) is 6.61 Å². The first-order chi connectivity index (χ1) is 11.0. The largest absolute Gasteiger partial charge is 0.463 e. The van der Waals surface area contributed by atoms with Crippen LogP contribution in [0.4, 0.5) is 9.18 Å². The second-order valence-corrected chi connectivity index (χ2v) is 5.38. The molecule has 1 saturated heterocycles. The molecular formula is C15H25FN2O5. The molecule has 0 aromatic heterocycles. The Labute approximate surface area is 135 Å². The van der Waals surface area contributed by atoms with E-state index in [4.69, 9.17) is 4.74 Å². The van der Waals surface area contributed by atoms with Crippen LogP contribution in [0, 0.1) is 0 Å². The van der Waals surface area contributed by atoms with E-state index in [1.165, 1.54) is 6.92 Å². The number of nitrogens with one attached hydrogen (secondary N) is 2. The maximum atomic E-state index is 14.8. The van der Waals surface area contributed by atoms with E-state index in [2.05, 4.69) is 17.0 Å². The van der Waals surface area contributed by atoms with Gasteiger partial charge in [0.2, 0.25) is 0 Å². The Kier molecular flexibility index (Phi) is 7.94. The predicted octanol–water partition coefficient (Wildman–Crippen LogP) is 1.80. The van der Waals surface area contributed by atoms with Crippen molar-refractivity contribution in [2.24, 2.45) is 0 Å². The van der Waals surface area contributed by atoms with Crippen molar-refractivity contribution >= 4 is 17.9 Å². The lowest BCUT2D eigenvalue weighted by Gasteiger charge is -2.34. The molecule has 2 N–H and O–H groups in total. The summed E-state index contributed by atoms with van der Waals surface area (Å²) < 4.78 is 24.7. The van der Waals surface area contributed by atoms with Gasteiger partial charge in [-0.25, -0.2) is 14.0 Å². The highest BCUT2D eigenvalue weighted by Crippen LogP contribution is 2.23. The number of amides is 3. The molecule has 0 bridgehead atoms. The topological polar surface area (TPSA) is 93.7 Å². The number of imide groups is 1.